The largest absolute Gasteiger partial charge is 0.248 e. The van der Waals surface area contributed by atoms with Crippen LogP contribution in [-0.4, -0.2) is 20.9 Å². The van der Waals surface area contributed by atoms with Crippen molar-refractivity contribution in [1.29, 1.82) is 5.26 Å². The van der Waals surface area contributed by atoms with Crippen LogP contribution in [0.4, 0.5) is 4.39 Å². The molecular formula is C21H17FN4. The average molecular weight is 344 g/mol. The van der Waals surface area contributed by atoms with E-state index >= 15 is 0 Å². The fourth-order valence-corrected chi connectivity index (χ4v) is 2.59. The molecule has 1 unspecified atom stereocenters. The molecule has 4 nitrogen and oxygen atoms in total. The van der Waals surface area contributed by atoms with Gasteiger partial charge in [-0.25, -0.2) is 14.1 Å². The van der Waals surface area contributed by atoms with Gasteiger partial charge in [0.2, 0.25) is 0 Å². The van der Waals surface area contributed by atoms with Gasteiger partial charge in [0, 0.05) is 18.8 Å². The lowest BCUT2D eigenvalue weighted by atomic mass is 10.1. The number of rotatable bonds is 3. The molecule has 2 heterocycles. The third kappa shape index (κ3) is 4.15. The Hall–Kier alpha value is -3.44. The van der Waals surface area contributed by atoms with E-state index in [-0.39, 0.29) is 6.42 Å². The van der Waals surface area contributed by atoms with Crippen molar-refractivity contribution < 1.29 is 4.39 Å². The molecule has 5 heteroatoms. The number of aryl methyl sites for hydroxylation is 1. The van der Waals surface area contributed by atoms with Crippen molar-refractivity contribution in [2.75, 3.05) is 0 Å². The van der Waals surface area contributed by atoms with Crippen molar-refractivity contribution in [3.05, 3.63) is 76.9 Å². The molecule has 0 radical (unpaired) electrons. The summed E-state index contributed by atoms with van der Waals surface area (Å²) in [6.45, 7) is 3.41. The zero-order chi connectivity index (χ0) is 18.5. The lowest BCUT2D eigenvalue weighted by Gasteiger charge is -2.04. The number of nitriles is 1. The molecule has 26 heavy (non-hydrogen) atoms. The second-order valence-electron chi connectivity index (χ2n) is 6.05. The average Bonchev–Trinajstić information content (AvgIpc) is 3.02. The summed E-state index contributed by atoms with van der Waals surface area (Å²) in [5.41, 5.74) is 4.14. The zero-order valence-corrected chi connectivity index (χ0v) is 14.6. The molecule has 0 N–H and O–H groups in total. The molecule has 0 spiro atoms. The fourth-order valence-electron chi connectivity index (χ4n) is 2.59. The Bertz CT molecular complexity index is 1020. The molecule has 2 aromatic heterocycles. The molecule has 128 valence electrons. The van der Waals surface area contributed by atoms with Gasteiger partial charge in [-0.2, -0.15) is 10.4 Å². The predicted molar refractivity (Wildman–Crippen MR) is 97.5 cm³/mol. The van der Waals surface area contributed by atoms with E-state index in [2.05, 4.69) is 28.0 Å². The molecular weight excluding hydrogens is 327 g/mol. The molecule has 3 rings (SSSR count). The lowest BCUT2D eigenvalue weighted by molar-refractivity contribution is 0.357. The number of hydrogen-bond donors (Lipinski definition) is 0. The van der Waals surface area contributed by atoms with Crippen LogP contribution in [0.3, 0.4) is 0 Å². The van der Waals surface area contributed by atoms with E-state index in [1.165, 1.54) is 6.92 Å². The lowest BCUT2D eigenvalue weighted by Crippen LogP contribution is -2.02. The smallest absolute Gasteiger partial charge is 0.113 e. The van der Waals surface area contributed by atoms with Gasteiger partial charge in [0.05, 0.1) is 28.6 Å². The van der Waals surface area contributed by atoms with Gasteiger partial charge in [0.1, 0.15) is 11.9 Å². The summed E-state index contributed by atoms with van der Waals surface area (Å²) in [5.74, 6) is 6.02. The van der Waals surface area contributed by atoms with Crippen LogP contribution in [0.5, 0.6) is 0 Å². The van der Waals surface area contributed by atoms with Crippen LogP contribution in [0.25, 0.3) is 5.69 Å². The summed E-state index contributed by atoms with van der Waals surface area (Å²) in [5, 5.41) is 13.7. The Labute approximate surface area is 151 Å². The Balaban J connectivity index is 2.04. The van der Waals surface area contributed by atoms with Crippen molar-refractivity contribution >= 4 is 0 Å². The molecule has 0 aliphatic carbocycles. The third-order valence-corrected chi connectivity index (χ3v) is 3.71. The van der Waals surface area contributed by atoms with Crippen molar-refractivity contribution in [3.63, 3.8) is 0 Å². The number of benzene rings is 1. The van der Waals surface area contributed by atoms with Crippen LogP contribution in [0.1, 0.15) is 35.0 Å². The van der Waals surface area contributed by atoms with Gasteiger partial charge in [-0.1, -0.05) is 12.0 Å². The highest BCUT2D eigenvalue weighted by Crippen LogP contribution is 2.17. The van der Waals surface area contributed by atoms with Crippen LogP contribution in [0.15, 0.2) is 48.8 Å². The van der Waals surface area contributed by atoms with Crippen LogP contribution >= 0.6 is 0 Å². The molecule has 0 saturated carbocycles. The maximum atomic E-state index is 13.6. The van der Waals surface area contributed by atoms with E-state index in [0.717, 1.165) is 11.3 Å². The summed E-state index contributed by atoms with van der Waals surface area (Å²) < 4.78 is 15.2. The number of alkyl halides is 1. The first-order valence-electron chi connectivity index (χ1n) is 8.23. The molecule has 0 amide bonds. The van der Waals surface area contributed by atoms with Crippen LogP contribution < -0.4 is 0 Å². The van der Waals surface area contributed by atoms with Gasteiger partial charge < -0.3 is 0 Å². The zero-order valence-electron chi connectivity index (χ0n) is 14.6. The monoisotopic (exact) mass is 344 g/mol. The van der Waals surface area contributed by atoms with Gasteiger partial charge in [-0.05, 0) is 55.7 Å². The Morgan fingerprint density at radius 3 is 2.77 bits per heavy atom. The number of aromatic nitrogens is 3. The minimum atomic E-state index is -1.03. The standard InChI is InChI=1S/C21H17FN4/c1-15-9-17(13-23)12-20(10-15)26-14-18(21(25-26)11-16(2)22)6-7-19-5-3-4-8-24-19/h3-5,8-10,12,14,16H,11H2,1-2H3. The third-order valence-electron chi connectivity index (χ3n) is 3.71. The van der Waals surface area contributed by atoms with Gasteiger partial charge in [-0.15, -0.1) is 0 Å². The van der Waals surface area contributed by atoms with E-state index in [1.807, 2.05) is 31.2 Å². The molecule has 0 bridgehead atoms. The summed E-state index contributed by atoms with van der Waals surface area (Å²) >= 11 is 0. The second kappa shape index (κ2) is 7.63. The van der Waals surface area contributed by atoms with Gasteiger partial charge >= 0.3 is 0 Å². The molecule has 0 saturated heterocycles. The number of hydrogen-bond acceptors (Lipinski definition) is 3. The Morgan fingerprint density at radius 2 is 2.08 bits per heavy atom. The molecule has 3 aromatic rings. The predicted octanol–water partition coefficient (Wildman–Crippen LogP) is 3.75. The van der Waals surface area contributed by atoms with Gasteiger partial charge in [0.25, 0.3) is 0 Å². The second-order valence-corrected chi connectivity index (χ2v) is 6.05. The van der Waals surface area contributed by atoms with E-state index in [0.29, 0.717) is 22.5 Å². The number of pyridine rings is 1. The van der Waals surface area contributed by atoms with Crippen molar-refractivity contribution in [2.24, 2.45) is 0 Å². The first kappa shape index (κ1) is 17.4. The van der Waals surface area contributed by atoms with Crippen molar-refractivity contribution in [3.8, 4) is 23.6 Å². The highest BCUT2D eigenvalue weighted by Gasteiger charge is 2.12. The van der Waals surface area contributed by atoms with Crippen LogP contribution in [0, 0.1) is 30.1 Å². The van der Waals surface area contributed by atoms with Crippen molar-refractivity contribution in [2.45, 2.75) is 26.4 Å². The quantitative estimate of drug-likeness (QED) is 0.680. The SMILES string of the molecule is Cc1cc(C#N)cc(-n2cc(C#Cc3ccccn3)c(CC(C)F)n2)c1. The highest BCUT2D eigenvalue weighted by molar-refractivity contribution is 5.47. The number of nitrogens with zero attached hydrogens (tertiary/aromatic N) is 4. The van der Waals surface area contributed by atoms with E-state index < -0.39 is 6.17 Å². The Kier molecular flexibility index (Phi) is 5.10. The Morgan fingerprint density at radius 1 is 1.23 bits per heavy atom. The topological polar surface area (TPSA) is 54.5 Å². The van der Waals surface area contributed by atoms with E-state index in [1.54, 1.807) is 29.2 Å². The normalized spacial score (nSPS) is 11.3. The van der Waals surface area contributed by atoms with Crippen molar-refractivity contribution in [1.82, 2.24) is 14.8 Å². The summed E-state index contributed by atoms with van der Waals surface area (Å²) in [7, 11) is 0. The minimum absolute atomic E-state index is 0.177. The maximum absolute atomic E-state index is 13.6. The first-order valence-corrected chi connectivity index (χ1v) is 8.23. The molecule has 1 atom stereocenters. The highest BCUT2D eigenvalue weighted by atomic mass is 19.1. The first-order chi connectivity index (χ1) is 12.5. The molecule has 1 aromatic carbocycles. The minimum Gasteiger partial charge on any atom is -0.248 e. The van der Waals surface area contributed by atoms with Gasteiger partial charge in [0.15, 0.2) is 0 Å². The van der Waals surface area contributed by atoms with Gasteiger partial charge in [-0.3, -0.25) is 0 Å². The molecule has 0 fully saturated rings. The maximum Gasteiger partial charge on any atom is 0.113 e. The van der Waals surface area contributed by atoms with E-state index in [4.69, 9.17) is 5.26 Å². The molecule has 0 aliphatic rings. The molecule has 0 aliphatic heterocycles. The van der Waals surface area contributed by atoms with E-state index in [9.17, 15) is 4.39 Å². The summed E-state index contributed by atoms with van der Waals surface area (Å²) in [6, 6.07) is 13.1. The number of halogens is 1. The summed E-state index contributed by atoms with van der Waals surface area (Å²) in [4.78, 5) is 4.17. The van der Waals surface area contributed by atoms with Crippen LogP contribution in [0.2, 0.25) is 0 Å². The van der Waals surface area contributed by atoms with Crippen LogP contribution in [-0.2, 0) is 6.42 Å². The summed E-state index contributed by atoms with van der Waals surface area (Å²) in [6.07, 6.45) is 2.59. The fraction of sp³-hybridized carbons (Fsp3) is 0.190.